The SMILES string of the molecule is COc1ccc(S(=O)(=O)N2C[C@@H](F)C[C@H]2CO)c(C)c1. The summed E-state index contributed by atoms with van der Waals surface area (Å²) in [4.78, 5) is 0.117. The Kier molecular flexibility index (Phi) is 4.31. The van der Waals surface area contributed by atoms with Crippen LogP contribution in [-0.4, -0.2) is 50.3 Å². The molecule has 0 saturated carbocycles. The first-order valence-electron chi connectivity index (χ1n) is 6.31. The summed E-state index contributed by atoms with van der Waals surface area (Å²) in [6.07, 6.45) is -1.20. The molecule has 1 fully saturated rings. The number of benzene rings is 1. The molecular weight excluding hydrogens is 285 g/mol. The van der Waals surface area contributed by atoms with E-state index in [2.05, 4.69) is 0 Å². The summed E-state index contributed by atoms with van der Waals surface area (Å²) in [6, 6.07) is 3.92. The Labute approximate surface area is 118 Å². The molecule has 1 aliphatic heterocycles. The van der Waals surface area contributed by atoms with Crippen molar-refractivity contribution in [1.82, 2.24) is 4.31 Å². The number of aliphatic hydroxyl groups excluding tert-OH is 1. The Bertz CT molecular complexity index is 590. The van der Waals surface area contributed by atoms with Crippen molar-refractivity contribution in [2.75, 3.05) is 20.3 Å². The molecule has 2 rings (SSSR count). The van der Waals surface area contributed by atoms with Crippen LogP contribution in [0.5, 0.6) is 5.75 Å². The van der Waals surface area contributed by atoms with E-state index < -0.39 is 22.2 Å². The van der Waals surface area contributed by atoms with E-state index in [0.29, 0.717) is 11.3 Å². The zero-order valence-electron chi connectivity index (χ0n) is 11.4. The molecule has 1 N–H and O–H groups in total. The Morgan fingerprint density at radius 2 is 2.20 bits per heavy atom. The number of alkyl halides is 1. The molecule has 1 heterocycles. The van der Waals surface area contributed by atoms with Crippen molar-refractivity contribution >= 4 is 10.0 Å². The molecule has 1 saturated heterocycles. The number of nitrogens with zero attached hydrogens (tertiary/aromatic N) is 1. The number of methoxy groups -OCH3 is 1. The average molecular weight is 303 g/mol. The molecule has 5 nitrogen and oxygen atoms in total. The van der Waals surface area contributed by atoms with Crippen LogP contribution < -0.4 is 4.74 Å². The van der Waals surface area contributed by atoms with Gasteiger partial charge >= 0.3 is 0 Å². The highest BCUT2D eigenvalue weighted by Crippen LogP contribution is 2.30. The molecule has 0 unspecified atom stereocenters. The number of halogens is 1. The van der Waals surface area contributed by atoms with Gasteiger partial charge in [0.1, 0.15) is 11.9 Å². The fourth-order valence-electron chi connectivity index (χ4n) is 2.46. The molecule has 1 aliphatic rings. The van der Waals surface area contributed by atoms with Crippen LogP contribution in [0.4, 0.5) is 4.39 Å². The van der Waals surface area contributed by atoms with Crippen LogP contribution in [-0.2, 0) is 10.0 Å². The second-order valence-corrected chi connectivity index (χ2v) is 6.73. The minimum absolute atomic E-state index is 0.0327. The Morgan fingerprint density at radius 3 is 2.75 bits per heavy atom. The molecule has 7 heteroatoms. The van der Waals surface area contributed by atoms with E-state index in [1.807, 2.05) is 0 Å². The van der Waals surface area contributed by atoms with E-state index in [9.17, 15) is 17.9 Å². The maximum atomic E-state index is 13.4. The maximum Gasteiger partial charge on any atom is 0.243 e. The topological polar surface area (TPSA) is 66.8 Å². The van der Waals surface area contributed by atoms with Gasteiger partial charge in [-0.15, -0.1) is 0 Å². The number of hydrogen-bond donors (Lipinski definition) is 1. The van der Waals surface area contributed by atoms with Gasteiger partial charge in [-0.05, 0) is 37.1 Å². The normalized spacial score (nSPS) is 24.0. The van der Waals surface area contributed by atoms with Crippen molar-refractivity contribution < 1.29 is 22.7 Å². The number of ether oxygens (including phenoxy) is 1. The quantitative estimate of drug-likeness (QED) is 0.904. The van der Waals surface area contributed by atoms with Crippen molar-refractivity contribution in [3.8, 4) is 5.75 Å². The van der Waals surface area contributed by atoms with Gasteiger partial charge in [-0.25, -0.2) is 12.8 Å². The summed E-state index contributed by atoms with van der Waals surface area (Å²) in [6.45, 7) is 1.07. The lowest BCUT2D eigenvalue weighted by atomic mass is 10.2. The van der Waals surface area contributed by atoms with Crippen LogP contribution in [0.3, 0.4) is 0 Å². The summed E-state index contributed by atoms with van der Waals surface area (Å²) >= 11 is 0. The second kappa shape index (κ2) is 5.67. The van der Waals surface area contributed by atoms with Gasteiger partial charge in [0, 0.05) is 6.54 Å². The maximum absolute atomic E-state index is 13.4. The van der Waals surface area contributed by atoms with Crippen molar-refractivity contribution in [2.24, 2.45) is 0 Å². The van der Waals surface area contributed by atoms with Crippen LogP contribution in [0.15, 0.2) is 23.1 Å². The molecule has 1 aromatic carbocycles. The summed E-state index contributed by atoms with van der Waals surface area (Å²) in [5, 5.41) is 9.22. The number of sulfonamides is 1. The predicted molar refractivity (Wildman–Crippen MR) is 72.0 cm³/mol. The third kappa shape index (κ3) is 2.65. The molecule has 0 spiro atoms. The summed E-state index contributed by atoms with van der Waals surface area (Å²) < 4.78 is 44.7. The monoisotopic (exact) mass is 303 g/mol. The Balaban J connectivity index is 2.40. The van der Waals surface area contributed by atoms with Gasteiger partial charge in [-0.2, -0.15) is 4.31 Å². The van der Waals surface area contributed by atoms with Gasteiger partial charge in [0.25, 0.3) is 0 Å². The molecule has 0 radical (unpaired) electrons. The molecular formula is C13H18FNO4S. The lowest BCUT2D eigenvalue weighted by molar-refractivity contribution is 0.213. The average Bonchev–Trinajstić information content (AvgIpc) is 2.80. The van der Waals surface area contributed by atoms with E-state index in [0.717, 1.165) is 4.31 Å². The predicted octanol–water partition coefficient (Wildman–Crippen LogP) is 1.10. The Hall–Kier alpha value is -1.18. The van der Waals surface area contributed by atoms with E-state index in [1.165, 1.54) is 13.2 Å². The highest BCUT2D eigenvalue weighted by Gasteiger charge is 2.40. The van der Waals surface area contributed by atoms with Crippen LogP contribution in [0, 0.1) is 6.92 Å². The molecule has 112 valence electrons. The Morgan fingerprint density at radius 1 is 1.50 bits per heavy atom. The van der Waals surface area contributed by atoms with Gasteiger partial charge in [-0.3, -0.25) is 0 Å². The van der Waals surface area contributed by atoms with Crippen LogP contribution in [0.1, 0.15) is 12.0 Å². The standard InChI is InChI=1S/C13H18FNO4S/c1-9-5-12(19-2)3-4-13(9)20(17,18)15-7-10(14)6-11(15)8-16/h3-5,10-11,16H,6-8H2,1-2H3/t10-,11-/m0/s1. The van der Waals surface area contributed by atoms with Crippen molar-refractivity contribution in [3.63, 3.8) is 0 Å². The van der Waals surface area contributed by atoms with Crippen LogP contribution >= 0.6 is 0 Å². The van der Waals surface area contributed by atoms with Crippen molar-refractivity contribution in [1.29, 1.82) is 0 Å². The van der Waals surface area contributed by atoms with Gasteiger partial charge in [0.15, 0.2) is 0 Å². The first kappa shape index (κ1) is 15.2. The first-order valence-corrected chi connectivity index (χ1v) is 7.75. The smallest absolute Gasteiger partial charge is 0.243 e. The van der Waals surface area contributed by atoms with Gasteiger partial charge < -0.3 is 9.84 Å². The van der Waals surface area contributed by atoms with E-state index >= 15 is 0 Å². The number of rotatable bonds is 4. The molecule has 0 amide bonds. The molecule has 2 atom stereocenters. The third-order valence-electron chi connectivity index (χ3n) is 3.49. The summed E-state index contributed by atoms with van der Waals surface area (Å²) in [5.74, 6) is 0.560. The molecule has 0 aromatic heterocycles. The number of hydrogen-bond acceptors (Lipinski definition) is 4. The highest BCUT2D eigenvalue weighted by molar-refractivity contribution is 7.89. The minimum atomic E-state index is -3.81. The van der Waals surface area contributed by atoms with Crippen molar-refractivity contribution in [3.05, 3.63) is 23.8 Å². The fourth-order valence-corrected chi connectivity index (χ4v) is 4.32. The fraction of sp³-hybridized carbons (Fsp3) is 0.538. The second-order valence-electron chi connectivity index (χ2n) is 4.88. The van der Waals surface area contributed by atoms with Gasteiger partial charge in [-0.1, -0.05) is 0 Å². The molecule has 1 aromatic rings. The number of aryl methyl sites for hydroxylation is 1. The van der Waals surface area contributed by atoms with Gasteiger partial charge in [0.05, 0.1) is 24.7 Å². The number of aliphatic hydroxyl groups is 1. The van der Waals surface area contributed by atoms with E-state index in [1.54, 1.807) is 19.1 Å². The minimum Gasteiger partial charge on any atom is -0.497 e. The zero-order chi connectivity index (χ0) is 14.9. The van der Waals surface area contributed by atoms with Gasteiger partial charge in [0.2, 0.25) is 10.0 Å². The zero-order valence-corrected chi connectivity index (χ0v) is 12.2. The van der Waals surface area contributed by atoms with Crippen molar-refractivity contribution in [2.45, 2.75) is 30.5 Å². The van der Waals surface area contributed by atoms with Crippen LogP contribution in [0.25, 0.3) is 0 Å². The molecule has 20 heavy (non-hydrogen) atoms. The third-order valence-corrected chi connectivity index (χ3v) is 5.57. The lowest BCUT2D eigenvalue weighted by Gasteiger charge is -2.23. The molecule has 0 bridgehead atoms. The summed E-state index contributed by atoms with van der Waals surface area (Å²) in [5.41, 5.74) is 0.531. The van der Waals surface area contributed by atoms with E-state index in [-0.39, 0.29) is 24.5 Å². The first-order chi connectivity index (χ1) is 9.40. The highest BCUT2D eigenvalue weighted by atomic mass is 32.2. The largest absolute Gasteiger partial charge is 0.497 e. The molecule has 0 aliphatic carbocycles. The van der Waals surface area contributed by atoms with E-state index in [4.69, 9.17) is 4.74 Å². The summed E-state index contributed by atoms with van der Waals surface area (Å²) in [7, 11) is -2.31. The lowest BCUT2D eigenvalue weighted by Crippen LogP contribution is -2.38. The van der Waals surface area contributed by atoms with Crippen LogP contribution in [0.2, 0.25) is 0 Å².